The van der Waals surface area contributed by atoms with Crippen molar-refractivity contribution in [3.05, 3.63) is 29.8 Å². The molecular weight excluding hydrogens is 206 g/mol. The summed E-state index contributed by atoms with van der Waals surface area (Å²) in [7, 11) is 0. The van der Waals surface area contributed by atoms with Gasteiger partial charge in [-0.05, 0) is 61.9 Å². The first-order chi connectivity index (χ1) is 8.33. The minimum atomic E-state index is 0.780. The minimum absolute atomic E-state index is 0.780. The number of benzene rings is 1. The summed E-state index contributed by atoms with van der Waals surface area (Å²) in [5.74, 6) is 1.77. The van der Waals surface area contributed by atoms with Crippen molar-refractivity contribution in [3.63, 3.8) is 0 Å². The Balaban J connectivity index is 1.93. The molecule has 92 valence electrons. The van der Waals surface area contributed by atoms with Gasteiger partial charge >= 0.3 is 0 Å². The van der Waals surface area contributed by atoms with Crippen LogP contribution in [0.15, 0.2) is 29.3 Å². The normalized spacial score (nSPS) is 24.5. The van der Waals surface area contributed by atoms with E-state index >= 15 is 0 Å². The van der Waals surface area contributed by atoms with Crippen molar-refractivity contribution in [1.82, 2.24) is 0 Å². The molecule has 0 spiro atoms. The van der Waals surface area contributed by atoms with Gasteiger partial charge in [0.1, 0.15) is 0 Å². The first-order valence-corrected chi connectivity index (χ1v) is 6.90. The largest absolute Gasteiger partial charge is 0.265 e. The third kappa shape index (κ3) is 3.18. The van der Waals surface area contributed by atoms with Gasteiger partial charge in [-0.2, -0.15) is 0 Å². The Morgan fingerprint density at radius 2 is 1.76 bits per heavy atom. The Morgan fingerprint density at radius 3 is 2.29 bits per heavy atom. The van der Waals surface area contributed by atoms with E-state index in [1.807, 2.05) is 0 Å². The van der Waals surface area contributed by atoms with E-state index in [0.29, 0.717) is 0 Å². The summed E-state index contributed by atoms with van der Waals surface area (Å²) >= 11 is 0. The molecule has 1 heteroatoms. The third-order valence-electron chi connectivity index (χ3n) is 4.09. The molecule has 1 saturated carbocycles. The molecule has 0 heterocycles. The second-order valence-electron chi connectivity index (χ2n) is 5.26. The van der Waals surface area contributed by atoms with Crippen molar-refractivity contribution < 1.29 is 0 Å². The van der Waals surface area contributed by atoms with E-state index in [-0.39, 0.29) is 0 Å². The highest BCUT2D eigenvalue weighted by atomic mass is 14.7. The summed E-state index contributed by atoms with van der Waals surface area (Å²) < 4.78 is 0. The van der Waals surface area contributed by atoms with E-state index in [4.69, 9.17) is 0 Å². The molecule has 0 saturated heterocycles. The van der Waals surface area contributed by atoms with Crippen molar-refractivity contribution in [2.24, 2.45) is 10.9 Å². The molecule has 0 unspecified atom stereocenters. The molecule has 1 aliphatic carbocycles. The van der Waals surface area contributed by atoms with Gasteiger partial charge in [-0.3, -0.25) is 4.99 Å². The predicted molar refractivity (Wildman–Crippen MR) is 75.3 cm³/mol. The van der Waals surface area contributed by atoms with Crippen LogP contribution in [0.25, 0.3) is 0 Å². The Kier molecular flexibility index (Phi) is 4.36. The van der Waals surface area contributed by atoms with Crippen LogP contribution in [0.2, 0.25) is 0 Å². The molecule has 0 atom stereocenters. The van der Waals surface area contributed by atoms with Gasteiger partial charge in [-0.15, -0.1) is 0 Å². The van der Waals surface area contributed by atoms with Crippen LogP contribution in [-0.2, 0) is 0 Å². The van der Waals surface area contributed by atoms with Crippen molar-refractivity contribution in [1.29, 1.82) is 0 Å². The summed E-state index contributed by atoms with van der Waals surface area (Å²) in [6, 6.07) is 8.63. The van der Waals surface area contributed by atoms with Gasteiger partial charge in [-0.25, -0.2) is 0 Å². The second-order valence-corrected chi connectivity index (χ2v) is 5.26. The molecule has 0 aromatic heterocycles. The first-order valence-electron chi connectivity index (χ1n) is 6.90. The molecule has 0 radical (unpaired) electrons. The van der Waals surface area contributed by atoms with Crippen LogP contribution in [-0.4, -0.2) is 6.72 Å². The zero-order valence-electron chi connectivity index (χ0n) is 10.9. The fraction of sp³-hybridized carbons (Fsp3) is 0.562. The molecule has 0 amide bonds. The average Bonchev–Trinajstić information content (AvgIpc) is 2.40. The molecule has 0 N–H and O–H groups in total. The fourth-order valence-electron chi connectivity index (χ4n) is 3.04. The maximum absolute atomic E-state index is 3.94. The zero-order valence-corrected chi connectivity index (χ0v) is 10.9. The summed E-state index contributed by atoms with van der Waals surface area (Å²) in [6.45, 7) is 5.85. The van der Waals surface area contributed by atoms with Gasteiger partial charge in [0.25, 0.3) is 0 Å². The van der Waals surface area contributed by atoms with Crippen LogP contribution in [0.1, 0.15) is 56.9 Å². The Labute approximate surface area is 105 Å². The van der Waals surface area contributed by atoms with Gasteiger partial charge in [0.05, 0.1) is 5.69 Å². The molecule has 1 aliphatic rings. The Morgan fingerprint density at radius 1 is 1.12 bits per heavy atom. The lowest BCUT2D eigenvalue weighted by Gasteiger charge is -2.28. The van der Waals surface area contributed by atoms with Gasteiger partial charge in [0.2, 0.25) is 0 Å². The summed E-state index contributed by atoms with van der Waals surface area (Å²) in [4.78, 5) is 3.94. The topological polar surface area (TPSA) is 12.4 Å². The van der Waals surface area contributed by atoms with Crippen molar-refractivity contribution in [2.75, 3.05) is 0 Å². The monoisotopic (exact) mass is 229 g/mol. The number of aliphatic imine (C=N–C) groups is 1. The Hall–Kier alpha value is -1.11. The highest BCUT2D eigenvalue weighted by molar-refractivity contribution is 5.46. The van der Waals surface area contributed by atoms with E-state index in [1.165, 1.54) is 44.1 Å². The average molecular weight is 229 g/mol. The second kappa shape index (κ2) is 6.00. The van der Waals surface area contributed by atoms with Crippen LogP contribution in [0, 0.1) is 5.92 Å². The van der Waals surface area contributed by atoms with Gasteiger partial charge < -0.3 is 0 Å². The molecule has 0 bridgehead atoms. The summed E-state index contributed by atoms with van der Waals surface area (Å²) in [6.07, 6.45) is 8.33. The number of hydrogen-bond donors (Lipinski definition) is 0. The lowest BCUT2D eigenvalue weighted by atomic mass is 9.77. The Bertz CT molecular complexity index is 344. The SMILES string of the molecule is C=Nc1ccc(C2CCC(CCC)CC2)cc1. The van der Waals surface area contributed by atoms with Crippen LogP contribution in [0.3, 0.4) is 0 Å². The summed E-state index contributed by atoms with van der Waals surface area (Å²) in [5.41, 5.74) is 2.47. The molecule has 17 heavy (non-hydrogen) atoms. The molecule has 1 fully saturated rings. The van der Waals surface area contributed by atoms with Crippen molar-refractivity contribution in [2.45, 2.75) is 51.4 Å². The number of nitrogens with zero attached hydrogens (tertiary/aromatic N) is 1. The van der Waals surface area contributed by atoms with E-state index in [0.717, 1.165) is 17.5 Å². The lowest BCUT2D eigenvalue weighted by Crippen LogP contribution is -2.13. The fourth-order valence-corrected chi connectivity index (χ4v) is 3.04. The molecule has 1 aromatic rings. The van der Waals surface area contributed by atoms with Gasteiger partial charge in [0.15, 0.2) is 0 Å². The van der Waals surface area contributed by atoms with Crippen LogP contribution >= 0.6 is 0 Å². The molecular formula is C16H23N. The molecule has 2 rings (SSSR count). The zero-order chi connectivity index (χ0) is 12.1. The van der Waals surface area contributed by atoms with Gasteiger partial charge in [-0.1, -0.05) is 31.9 Å². The maximum Gasteiger partial charge on any atom is 0.0622 e. The van der Waals surface area contributed by atoms with Crippen molar-refractivity contribution in [3.8, 4) is 0 Å². The van der Waals surface area contributed by atoms with E-state index < -0.39 is 0 Å². The molecule has 1 nitrogen and oxygen atoms in total. The lowest BCUT2D eigenvalue weighted by molar-refractivity contribution is 0.308. The third-order valence-corrected chi connectivity index (χ3v) is 4.09. The van der Waals surface area contributed by atoms with E-state index in [2.05, 4.69) is 42.9 Å². The van der Waals surface area contributed by atoms with Crippen LogP contribution in [0.4, 0.5) is 5.69 Å². The number of rotatable bonds is 4. The quantitative estimate of drug-likeness (QED) is 0.637. The molecule has 0 aliphatic heterocycles. The van der Waals surface area contributed by atoms with Crippen molar-refractivity contribution >= 4 is 12.4 Å². The highest BCUT2D eigenvalue weighted by Crippen LogP contribution is 2.37. The summed E-state index contributed by atoms with van der Waals surface area (Å²) in [5, 5.41) is 0. The highest BCUT2D eigenvalue weighted by Gasteiger charge is 2.21. The number of hydrogen-bond acceptors (Lipinski definition) is 1. The predicted octanol–water partition coefficient (Wildman–Crippen LogP) is 5.09. The standard InChI is InChI=1S/C16H23N/c1-3-4-13-5-7-14(8-6-13)15-9-11-16(17-2)12-10-15/h9-14H,2-8H2,1H3. The smallest absolute Gasteiger partial charge is 0.0622 e. The first kappa shape index (κ1) is 12.3. The molecule has 1 aromatic carbocycles. The van der Waals surface area contributed by atoms with E-state index in [1.54, 1.807) is 0 Å². The van der Waals surface area contributed by atoms with Crippen LogP contribution < -0.4 is 0 Å². The van der Waals surface area contributed by atoms with E-state index in [9.17, 15) is 0 Å². The van der Waals surface area contributed by atoms with Crippen LogP contribution in [0.5, 0.6) is 0 Å². The minimum Gasteiger partial charge on any atom is -0.265 e. The van der Waals surface area contributed by atoms with Gasteiger partial charge in [0, 0.05) is 0 Å². The maximum atomic E-state index is 3.94.